The lowest BCUT2D eigenvalue weighted by Crippen LogP contribution is -2.18. The summed E-state index contributed by atoms with van der Waals surface area (Å²) < 4.78 is 0.724. The van der Waals surface area contributed by atoms with E-state index in [4.69, 9.17) is 0 Å². The Kier molecular flexibility index (Phi) is 4.19. The van der Waals surface area contributed by atoms with E-state index in [1.54, 1.807) is 0 Å². The second kappa shape index (κ2) is 5.67. The van der Waals surface area contributed by atoms with Crippen molar-refractivity contribution >= 4 is 54.2 Å². The first-order valence-electron chi connectivity index (χ1n) is 5.40. The Labute approximate surface area is 122 Å². The van der Waals surface area contributed by atoms with Gasteiger partial charge in [0.15, 0.2) is 0 Å². The molecule has 0 aliphatic carbocycles. The molecule has 0 atom stereocenters. The van der Waals surface area contributed by atoms with E-state index in [-0.39, 0.29) is 5.91 Å². The summed E-state index contributed by atoms with van der Waals surface area (Å²) in [5.74, 6) is -0.102. The van der Waals surface area contributed by atoms with Gasteiger partial charge in [0.25, 0.3) is 0 Å². The topological polar surface area (TPSA) is 29.1 Å². The zero-order valence-electron chi connectivity index (χ0n) is 9.71. The number of halogens is 2. The highest BCUT2D eigenvalue weighted by atomic mass is 79.9. The van der Waals surface area contributed by atoms with Crippen LogP contribution in [0.3, 0.4) is 0 Å². The SMILES string of the molecule is CC(=O)NC(=C(Br)Br)c1cccc2ccccc12. The zero-order chi connectivity index (χ0) is 13.1. The normalized spacial score (nSPS) is 10.2. The first-order chi connectivity index (χ1) is 8.59. The number of fused-ring (bicyclic) bond motifs is 1. The van der Waals surface area contributed by atoms with Crippen molar-refractivity contribution in [3.05, 3.63) is 51.4 Å². The number of carbonyl (C=O) groups excluding carboxylic acids is 1. The standard InChI is InChI=1S/C14H11Br2NO/c1-9(18)17-13(14(15)16)12-8-4-6-10-5-2-3-7-11(10)12/h2-8H,1H3,(H,17,18). The molecule has 0 bridgehead atoms. The summed E-state index contributed by atoms with van der Waals surface area (Å²) in [5, 5.41) is 5.07. The first-order valence-corrected chi connectivity index (χ1v) is 6.99. The van der Waals surface area contributed by atoms with Gasteiger partial charge in [0, 0.05) is 12.5 Å². The largest absolute Gasteiger partial charge is 0.324 e. The molecule has 1 amide bonds. The van der Waals surface area contributed by atoms with Gasteiger partial charge in [-0.15, -0.1) is 0 Å². The summed E-state index contributed by atoms with van der Waals surface area (Å²) in [4.78, 5) is 11.3. The molecule has 18 heavy (non-hydrogen) atoms. The van der Waals surface area contributed by atoms with Gasteiger partial charge in [0.1, 0.15) is 0 Å². The predicted octanol–water partition coefficient (Wildman–Crippen LogP) is 4.39. The average molecular weight is 369 g/mol. The second-order valence-electron chi connectivity index (χ2n) is 3.84. The van der Waals surface area contributed by atoms with Crippen LogP contribution in [0.2, 0.25) is 0 Å². The van der Waals surface area contributed by atoms with Gasteiger partial charge in [0.2, 0.25) is 5.91 Å². The van der Waals surface area contributed by atoms with Crippen LogP contribution >= 0.6 is 31.9 Å². The van der Waals surface area contributed by atoms with E-state index in [2.05, 4.69) is 37.2 Å². The molecular weight excluding hydrogens is 358 g/mol. The third-order valence-electron chi connectivity index (χ3n) is 2.55. The molecule has 4 heteroatoms. The van der Waals surface area contributed by atoms with Gasteiger partial charge >= 0.3 is 0 Å². The molecule has 0 heterocycles. The highest BCUT2D eigenvalue weighted by Gasteiger charge is 2.10. The maximum atomic E-state index is 11.3. The maximum Gasteiger partial charge on any atom is 0.221 e. The Bertz CT molecular complexity index is 625. The maximum absolute atomic E-state index is 11.3. The van der Waals surface area contributed by atoms with Crippen molar-refractivity contribution in [3.63, 3.8) is 0 Å². The smallest absolute Gasteiger partial charge is 0.221 e. The third kappa shape index (κ3) is 2.82. The van der Waals surface area contributed by atoms with Crippen LogP contribution in [0.25, 0.3) is 16.5 Å². The minimum atomic E-state index is -0.102. The zero-order valence-corrected chi connectivity index (χ0v) is 12.9. The van der Waals surface area contributed by atoms with Gasteiger partial charge in [0.05, 0.1) is 9.09 Å². The van der Waals surface area contributed by atoms with E-state index in [0.29, 0.717) is 0 Å². The number of benzene rings is 2. The van der Waals surface area contributed by atoms with Crippen LogP contribution in [0.15, 0.2) is 45.9 Å². The first kappa shape index (κ1) is 13.3. The predicted molar refractivity (Wildman–Crippen MR) is 82.5 cm³/mol. The van der Waals surface area contributed by atoms with Gasteiger partial charge in [-0.2, -0.15) is 0 Å². The van der Waals surface area contributed by atoms with E-state index in [0.717, 1.165) is 25.4 Å². The molecule has 0 saturated carbocycles. The highest BCUT2D eigenvalue weighted by molar-refractivity contribution is 9.28. The summed E-state index contributed by atoms with van der Waals surface area (Å²) in [5.41, 5.74) is 1.71. The fourth-order valence-corrected chi connectivity index (χ4v) is 2.46. The van der Waals surface area contributed by atoms with Crippen LogP contribution in [-0.2, 0) is 4.79 Å². The molecule has 2 nitrogen and oxygen atoms in total. The molecule has 0 aliphatic heterocycles. The van der Waals surface area contributed by atoms with Crippen molar-refractivity contribution in [2.24, 2.45) is 0 Å². The molecule has 0 saturated heterocycles. The number of amides is 1. The van der Waals surface area contributed by atoms with E-state index in [1.165, 1.54) is 6.92 Å². The van der Waals surface area contributed by atoms with Gasteiger partial charge in [-0.25, -0.2) is 0 Å². The summed E-state index contributed by atoms with van der Waals surface area (Å²) in [6, 6.07) is 14.1. The quantitative estimate of drug-likeness (QED) is 0.836. The monoisotopic (exact) mass is 367 g/mol. The molecule has 2 rings (SSSR count). The van der Waals surface area contributed by atoms with Crippen LogP contribution in [0.4, 0.5) is 0 Å². The van der Waals surface area contributed by atoms with Crippen molar-refractivity contribution in [2.45, 2.75) is 6.92 Å². The van der Waals surface area contributed by atoms with Crippen molar-refractivity contribution in [3.8, 4) is 0 Å². The van der Waals surface area contributed by atoms with Crippen molar-refractivity contribution in [1.82, 2.24) is 5.32 Å². The van der Waals surface area contributed by atoms with Crippen molar-refractivity contribution in [2.75, 3.05) is 0 Å². The summed E-state index contributed by atoms with van der Waals surface area (Å²) >= 11 is 6.75. The van der Waals surface area contributed by atoms with Gasteiger partial charge < -0.3 is 5.32 Å². The average Bonchev–Trinajstić information content (AvgIpc) is 2.35. The lowest BCUT2D eigenvalue weighted by Gasteiger charge is -2.12. The summed E-state index contributed by atoms with van der Waals surface area (Å²) in [6.45, 7) is 1.49. The van der Waals surface area contributed by atoms with Crippen molar-refractivity contribution in [1.29, 1.82) is 0 Å². The molecule has 2 aromatic rings. The van der Waals surface area contributed by atoms with Crippen LogP contribution in [0.5, 0.6) is 0 Å². The molecule has 92 valence electrons. The van der Waals surface area contributed by atoms with Crippen molar-refractivity contribution < 1.29 is 4.79 Å². The number of rotatable bonds is 2. The van der Waals surface area contributed by atoms with E-state index in [9.17, 15) is 4.79 Å². The van der Waals surface area contributed by atoms with Crippen LogP contribution in [0.1, 0.15) is 12.5 Å². The van der Waals surface area contributed by atoms with Gasteiger partial charge in [-0.1, -0.05) is 42.5 Å². The van der Waals surface area contributed by atoms with E-state index >= 15 is 0 Å². The molecule has 0 unspecified atom stereocenters. The number of nitrogens with one attached hydrogen (secondary N) is 1. The van der Waals surface area contributed by atoms with Gasteiger partial charge in [-0.3, -0.25) is 4.79 Å². The van der Waals surface area contributed by atoms with E-state index < -0.39 is 0 Å². The molecule has 0 spiro atoms. The Morgan fingerprint density at radius 3 is 2.39 bits per heavy atom. The summed E-state index contributed by atoms with van der Waals surface area (Å²) in [7, 11) is 0. The molecule has 2 aromatic carbocycles. The van der Waals surface area contributed by atoms with Crippen LogP contribution in [-0.4, -0.2) is 5.91 Å². The fourth-order valence-electron chi connectivity index (χ4n) is 1.84. The Balaban J connectivity index is 2.65. The lowest BCUT2D eigenvalue weighted by atomic mass is 10.0. The number of hydrogen-bond acceptors (Lipinski definition) is 1. The number of hydrogen-bond donors (Lipinski definition) is 1. The van der Waals surface area contributed by atoms with Crippen LogP contribution < -0.4 is 5.32 Å². The highest BCUT2D eigenvalue weighted by Crippen LogP contribution is 2.30. The lowest BCUT2D eigenvalue weighted by molar-refractivity contribution is -0.117. The molecule has 0 aromatic heterocycles. The number of carbonyl (C=O) groups is 1. The summed E-state index contributed by atoms with van der Waals surface area (Å²) in [6.07, 6.45) is 0. The fraction of sp³-hybridized carbons (Fsp3) is 0.0714. The Hall–Kier alpha value is -1.13. The van der Waals surface area contributed by atoms with E-state index in [1.807, 2.05) is 42.5 Å². The minimum Gasteiger partial charge on any atom is -0.324 e. The molecule has 0 aliphatic rings. The van der Waals surface area contributed by atoms with Crippen LogP contribution in [0, 0.1) is 0 Å². The molecule has 1 N–H and O–H groups in total. The molecule has 0 radical (unpaired) electrons. The van der Waals surface area contributed by atoms with Gasteiger partial charge in [-0.05, 0) is 42.6 Å². The minimum absolute atomic E-state index is 0.102. The Morgan fingerprint density at radius 2 is 1.72 bits per heavy atom. The molecular formula is C14H11Br2NO. The molecule has 0 fully saturated rings. The third-order valence-corrected chi connectivity index (χ3v) is 3.34. The second-order valence-corrected chi connectivity index (χ2v) is 6.49. The Morgan fingerprint density at radius 1 is 1.06 bits per heavy atom.